The summed E-state index contributed by atoms with van der Waals surface area (Å²) in [6.45, 7) is 0. The number of hydrogen-bond donors (Lipinski definition) is 0. The number of nitrogens with zero attached hydrogens (tertiary/aromatic N) is 2. The van der Waals surface area contributed by atoms with Crippen LogP contribution in [0.3, 0.4) is 0 Å². The molecule has 0 saturated carbocycles. The van der Waals surface area contributed by atoms with Crippen LogP contribution in [0.5, 0.6) is 0 Å². The van der Waals surface area contributed by atoms with Crippen molar-refractivity contribution < 1.29 is 9.53 Å². The number of rotatable bonds is 1. The van der Waals surface area contributed by atoms with E-state index in [2.05, 4.69) is 14.7 Å². The second-order valence-corrected chi connectivity index (χ2v) is 3.71. The van der Waals surface area contributed by atoms with Crippen LogP contribution in [0.15, 0.2) is 18.2 Å². The van der Waals surface area contributed by atoms with Crippen molar-refractivity contribution >= 4 is 40.1 Å². The third kappa shape index (κ3) is 1.81. The van der Waals surface area contributed by atoms with Gasteiger partial charge in [0.1, 0.15) is 0 Å². The fourth-order valence-corrected chi connectivity index (χ4v) is 1.73. The summed E-state index contributed by atoms with van der Waals surface area (Å²) >= 11 is 11.7. The average molecular weight is 257 g/mol. The molecule has 1 aromatic heterocycles. The van der Waals surface area contributed by atoms with Gasteiger partial charge in [-0.3, -0.25) is 0 Å². The van der Waals surface area contributed by atoms with E-state index in [0.717, 1.165) is 0 Å². The number of ether oxygens (including phenoxy) is 1. The first-order valence-corrected chi connectivity index (χ1v) is 5.09. The first kappa shape index (κ1) is 11.1. The van der Waals surface area contributed by atoms with Crippen LogP contribution < -0.4 is 0 Å². The maximum Gasteiger partial charge on any atom is 0.357 e. The lowest BCUT2D eigenvalue weighted by molar-refractivity contribution is 0.0596. The summed E-state index contributed by atoms with van der Waals surface area (Å²) in [5, 5.41) is 0.886. The van der Waals surface area contributed by atoms with Gasteiger partial charge in [-0.25, -0.2) is 14.8 Å². The molecule has 0 unspecified atom stereocenters. The van der Waals surface area contributed by atoms with Gasteiger partial charge in [0, 0.05) is 5.39 Å². The first-order valence-electron chi connectivity index (χ1n) is 4.33. The largest absolute Gasteiger partial charge is 0.464 e. The highest BCUT2D eigenvalue weighted by Crippen LogP contribution is 2.25. The third-order valence-corrected chi connectivity index (χ3v) is 2.50. The molecule has 4 nitrogen and oxygen atoms in total. The van der Waals surface area contributed by atoms with Crippen LogP contribution >= 0.6 is 23.2 Å². The highest BCUT2D eigenvalue weighted by molar-refractivity contribution is 6.36. The molecule has 0 aliphatic carbocycles. The van der Waals surface area contributed by atoms with E-state index in [1.807, 2.05) is 0 Å². The Balaban J connectivity index is 2.83. The summed E-state index contributed by atoms with van der Waals surface area (Å²) in [4.78, 5) is 19.3. The van der Waals surface area contributed by atoms with Crippen molar-refractivity contribution in [2.75, 3.05) is 7.11 Å². The monoisotopic (exact) mass is 256 g/mol. The van der Waals surface area contributed by atoms with Crippen molar-refractivity contribution in [1.29, 1.82) is 0 Å². The normalized spacial score (nSPS) is 10.4. The smallest absolute Gasteiger partial charge is 0.357 e. The van der Waals surface area contributed by atoms with E-state index in [4.69, 9.17) is 23.2 Å². The van der Waals surface area contributed by atoms with Crippen molar-refractivity contribution in [3.05, 3.63) is 34.2 Å². The number of fused-ring (bicyclic) bond motifs is 1. The SMILES string of the molecule is COC(=O)c1nc(Cl)nc2c(Cl)cccc12. The van der Waals surface area contributed by atoms with E-state index in [9.17, 15) is 4.79 Å². The molecule has 0 fully saturated rings. The van der Waals surface area contributed by atoms with E-state index < -0.39 is 5.97 Å². The average Bonchev–Trinajstić information content (AvgIpc) is 2.28. The van der Waals surface area contributed by atoms with Gasteiger partial charge in [0.15, 0.2) is 5.69 Å². The zero-order valence-electron chi connectivity index (χ0n) is 8.20. The summed E-state index contributed by atoms with van der Waals surface area (Å²) in [5.74, 6) is -0.573. The summed E-state index contributed by atoms with van der Waals surface area (Å²) < 4.78 is 4.61. The number of para-hydroxylation sites is 1. The third-order valence-electron chi connectivity index (χ3n) is 2.03. The topological polar surface area (TPSA) is 52.1 Å². The fraction of sp³-hybridized carbons (Fsp3) is 0.100. The van der Waals surface area contributed by atoms with Crippen LogP contribution in [0, 0.1) is 0 Å². The number of halogens is 2. The van der Waals surface area contributed by atoms with Gasteiger partial charge < -0.3 is 4.74 Å². The highest BCUT2D eigenvalue weighted by atomic mass is 35.5. The molecule has 0 amide bonds. The van der Waals surface area contributed by atoms with Crippen LogP contribution in [-0.2, 0) is 4.74 Å². The molecule has 0 radical (unpaired) electrons. The minimum atomic E-state index is -0.573. The van der Waals surface area contributed by atoms with Crippen molar-refractivity contribution in [2.24, 2.45) is 0 Å². The predicted molar refractivity (Wildman–Crippen MR) is 60.9 cm³/mol. The molecule has 0 aliphatic rings. The molecular weight excluding hydrogens is 251 g/mol. The quantitative estimate of drug-likeness (QED) is 0.582. The van der Waals surface area contributed by atoms with Gasteiger partial charge in [0.05, 0.1) is 17.6 Å². The Hall–Kier alpha value is -1.39. The van der Waals surface area contributed by atoms with E-state index in [-0.39, 0.29) is 11.0 Å². The zero-order valence-corrected chi connectivity index (χ0v) is 9.71. The first-order chi connectivity index (χ1) is 7.63. The molecule has 16 heavy (non-hydrogen) atoms. The number of aromatic nitrogens is 2. The van der Waals surface area contributed by atoms with Crippen molar-refractivity contribution in [2.45, 2.75) is 0 Å². The van der Waals surface area contributed by atoms with Crippen LogP contribution in [0.1, 0.15) is 10.5 Å². The van der Waals surface area contributed by atoms with E-state index >= 15 is 0 Å². The lowest BCUT2D eigenvalue weighted by Gasteiger charge is -2.04. The van der Waals surface area contributed by atoms with Crippen molar-refractivity contribution in [3.63, 3.8) is 0 Å². The van der Waals surface area contributed by atoms with Gasteiger partial charge in [0.2, 0.25) is 5.28 Å². The lowest BCUT2D eigenvalue weighted by atomic mass is 10.2. The molecule has 0 atom stereocenters. The Kier molecular flexibility index (Phi) is 2.94. The Labute approximate surface area is 101 Å². The molecule has 6 heteroatoms. The maximum absolute atomic E-state index is 11.5. The molecule has 1 heterocycles. The van der Waals surface area contributed by atoms with Gasteiger partial charge in [0.25, 0.3) is 0 Å². The number of methoxy groups -OCH3 is 1. The zero-order chi connectivity index (χ0) is 11.7. The molecule has 0 N–H and O–H groups in total. The molecular formula is C10H6Cl2N2O2. The van der Waals surface area contributed by atoms with Gasteiger partial charge >= 0.3 is 5.97 Å². The Morgan fingerprint density at radius 2 is 2.06 bits per heavy atom. The summed E-state index contributed by atoms with van der Waals surface area (Å²) in [6.07, 6.45) is 0. The summed E-state index contributed by atoms with van der Waals surface area (Å²) in [7, 11) is 1.27. The van der Waals surface area contributed by atoms with Gasteiger partial charge in [-0.2, -0.15) is 0 Å². The van der Waals surface area contributed by atoms with E-state index in [1.165, 1.54) is 7.11 Å². The second-order valence-electron chi connectivity index (χ2n) is 2.97. The Bertz CT molecular complexity index is 572. The molecule has 82 valence electrons. The lowest BCUT2D eigenvalue weighted by Crippen LogP contribution is -2.06. The van der Waals surface area contributed by atoms with Crippen molar-refractivity contribution in [1.82, 2.24) is 9.97 Å². The highest BCUT2D eigenvalue weighted by Gasteiger charge is 2.15. The molecule has 2 aromatic rings. The number of carbonyl (C=O) groups excluding carboxylic acids is 1. The molecule has 1 aromatic carbocycles. The molecule has 0 saturated heterocycles. The van der Waals surface area contributed by atoms with E-state index in [1.54, 1.807) is 18.2 Å². The Morgan fingerprint density at radius 3 is 2.75 bits per heavy atom. The number of esters is 1. The summed E-state index contributed by atoms with van der Waals surface area (Å²) in [6, 6.07) is 5.05. The number of hydrogen-bond acceptors (Lipinski definition) is 4. The van der Waals surface area contributed by atoms with Crippen LogP contribution in [0.2, 0.25) is 10.3 Å². The van der Waals surface area contributed by atoms with Gasteiger partial charge in [-0.15, -0.1) is 0 Å². The minimum absolute atomic E-state index is 0.0407. The standard InChI is InChI=1S/C10H6Cl2N2O2/c1-16-9(15)8-5-3-2-4-6(11)7(5)13-10(12)14-8/h2-4H,1H3. The maximum atomic E-state index is 11.5. The fourth-order valence-electron chi connectivity index (χ4n) is 1.34. The summed E-state index contributed by atoms with van der Waals surface area (Å²) in [5.41, 5.74) is 0.546. The Morgan fingerprint density at radius 1 is 1.31 bits per heavy atom. The molecule has 0 spiro atoms. The minimum Gasteiger partial charge on any atom is -0.464 e. The molecule has 2 rings (SSSR count). The van der Waals surface area contributed by atoms with Crippen LogP contribution in [-0.4, -0.2) is 23.0 Å². The van der Waals surface area contributed by atoms with Gasteiger partial charge in [-0.05, 0) is 17.7 Å². The number of benzene rings is 1. The predicted octanol–water partition coefficient (Wildman–Crippen LogP) is 2.72. The molecule has 0 bridgehead atoms. The molecule has 0 aliphatic heterocycles. The van der Waals surface area contributed by atoms with Crippen molar-refractivity contribution in [3.8, 4) is 0 Å². The van der Waals surface area contributed by atoms with Crippen LogP contribution in [0.4, 0.5) is 0 Å². The van der Waals surface area contributed by atoms with E-state index in [0.29, 0.717) is 15.9 Å². The van der Waals surface area contributed by atoms with Crippen LogP contribution in [0.25, 0.3) is 10.9 Å². The second kappa shape index (κ2) is 4.23. The number of carbonyl (C=O) groups is 1. The van der Waals surface area contributed by atoms with Gasteiger partial charge in [-0.1, -0.05) is 23.7 Å².